The van der Waals surface area contributed by atoms with E-state index in [1.54, 1.807) is 13.2 Å². The van der Waals surface area contributed by atoms with Gasteiger partial charge in [-0.25, -0.2) is 0 Å². The molecule has 5 heteroatoms. The number of nitrogens with one attached hydrogen (secondary N) is 2. The summed E-state index contributed by atoms with van der Waals surface area (Å²) < 4.78 is 0. The number of pyridine rings is 1. The molecule has 4 nitrogen and oxygen atoms in total. The summed E-state index contributed by atoms with van der Waals surface area (Å²) in [7, 11) is 1.78. The van der Waals surface area contributed by atoms with E-state index in [0.29, 0.717) is 6.54 Å². The summed E-state index contributed by atoms with van der Waals surface area (Å²) in [6, 6.07) is 14.5. The maximum atomic E-state index is 4.28. The van der Waals surface area contributed by atoms with E-state index in [2.05, 4.69) is 51.8 Å². The molecule has 0 amide bonds. The van der Waals surface area contributed by atoms with Gasteiger partial charge in [0.25, 0.3) is 0 Å². The molecule has 0 unspecified atom stereocenters. The van der Waals surface area contributed by atoms with Gasteiger partial charge in [0.15, 0.2) is 5.96 Å². The van der Waals surface area contributed by atoms with Gasteiger partial charge in [-0.1, -0.05) is 35.9 Å². The van der Waals surface area contributed by atoms with Gasteiger partial charge in [-0.15, -0.1) is 24.0 Å². The molecule has 0 atom stereocenters. The summed E-state index contributed by atoms with van der Waals surface area (Å²) in [6.45, 7) is 3.64. The van der Waals surface area contributed by atoms with Crippen molar-refractivity contribution in [2.75, 3.05) is 13.6 Å². The topological polar surface area (TPSA) is 49.3 Å². The Labute approximate surface area is 149 Å². The number of hydrogen-bond donors (Lipinski definition) is 2. The van der Waals surface area contributed by atoms with Crippen molar-refractivity contribution in [3.63, 3.8) is 0 Å². The highest BCUT2D eigenvalue weighted by atomic mass is 127. The van der Waals surface area contributed by atoms with Gasteiger partial charge >= 0.3 is 0 Å². The van der Waals surface area contributed by atoms with Crippen LogP contribution < -0.4 is 10.6 Å². The highest BCUT2D eigenvalue weighted by Crippen LogP contribution is 2.03. The van der Waals surface area contributed by atoms with Crippen LogP contribution in [0.15, 0.2) is 53.7 Å². The van der Waals surface area contributed by atoms with Gasteiger partial charge in [-0.05, 0) is 31.0 Å². The Hall–Kier alpha value is -1.63. The third-order valence-electron chi connectivity index (χ3n) is 3.18. The molecular formula is C17H23IN4. The monoisotopic (exact) mass is 410 g/mol. The first-order valence-corrected chi connectivity index (χ1v) is 7.18. The first-order valence-electron chi connectivity index (χ1n) is 7.18. The molecule has 118 valence electrons. The predicted molar refractivity (Wildman–Crippen MR) is 103 cm³/mol. The molecule has 0 aliphatic carbocycles. The van der Waals surface area contributed by atoms with Crippen LogP contribution in [0.4, 0.5) is 0 Å². The molecule has 1 heterocycles. The lowest BCUT2D eigenvalue weighted by atomic mass is 10.1. The average molecular weight is 410 g/mol. The van der Waals surface area contributed by atoms with Gasteiger partial charge in [0.1, 0.15) is 0 Å². The summed E-state index contributed by atoms with van der Waals surface area (Å²) in [4.78, 5) is 8.50. The lowest BCUT2D eigenvalue weighted by molar-refractivity contribution is 0.783. The SMILES string of the molecule is CN=C(NCCc1cccc(C)c1)NCc1ccccn1.I. The van der Waals surface area contributed by atoms with E-state index in [0.717, 1.165) is 24.6 Å². The molecule has 0 bridgehead atoms. The maximum Gasteiger partial charge on any atom is 0.191 e. The van der Waals surface area contributed by atoms with Crippen molar-refractivity contribution >= 4 is 29.9 Å². The van der Waals surface area contributed by atoms with Crippen LogP contribution in [0.1, 0.15) is 16.8 Å². The molecule has 1 aromatic heterocycles. The fraction of sp³-hybridized carbons (Fsp3) is 0.294. The smallest absolute Gasteiger partial charge is 0.191 e. The van der Waals surface area contributed by atoms with Gasteiger partial charge < -0.3 is 10.6 Å². The number of nitrogens with zero attached hydrogens (tertiary/aromatic N) is 2. The van der Waals surface area contributed by atoms with E-state index in [4.69, 9.17) is 0 Å². The Morgan fingerprint density at radius 3 is 2.68 bits per heavy atom. The molecule has 2 aromatic rings. The number of halogens is 1. The van der Waals surface area contributed by atoms with E-state index >= 15 is 0 Å². The third kappa shape index (κ3) is 6.43. The Morgan fingerprint density at radius 2 is 2.00 bits per heavy atom. The van der Waals surface area contributed by atoms with Crippen molar-refractivity contribution < 1.29 is 0 Å². The molecule has 0 fully saturated rings. The number of benzene rings is 1. The van der Waals surface area contributed by atoms with E-state index in [-0.39, 0.29) is 24.0 Å². The lowest BCUT2D eigenvalue weighted by Gasteiger charge is -2.11. The van der Waals surface area contributed by atoms with E-state index in [1.807, 2.05) is 18.2 Å². The van der Waals surface area contributed by atoms with Gasteiger partial charge in [-0.3, -0.25) is 9.98 Å². The minimum atomic E-state index is 0. The molecule has 0 aliphatic rings. The summed E-state index contributed by atoms with van der Waals surface area (Å²) in [5.41, 5.74) is 3.63. The largest absolute Gasteiger partial charge is 0.356 e. The normalized spacial score (nSPS) is 10.7. The number of aromatic nitrogens is 1. The van der Waals surface area contributed by atoms with Gasteiger partial charge in [0.05, 0.1) is 12.2 Å². The zero-order chi connectivity index (χ0) is 14.9. The van der Waals surface area contributed by atoms with Crippen LogP contribution in [0.2, 0.25) is 0 Å². The summed E-state index contributed by atoms with van der Waals surface area (Å²) in [6.07, 6.45) is 2.77. The number of rotatable bonds is 5. The number of aryl methyl sites for hydroxylation is 1. The second-order valence-corrected chi connectivity index (χ2v) is 4.91. The molecule has 0 saturated carbocycles. The third-order valence-corrected chi connectivity index (χ3v) is 3.18. The van der Waals surface area contributed by atoms with Crippen LogP contribution in [0.5, 0.6) is 0 Å². The summed E-state index contributed by atoms with van der Waals surface area (Å²) in [5, 5.41) is 6.58. The quantitative estimate of drug-likeness (QED) is 0.453. The highest BCUT2D eigenvalue weighted by molar-refractivity contribution is 14.0. The fourth-order valence-electron chi connectivity index (χ4n) is 2.09. The van der Waals surface area contributed by atoms with Crippen molar-refractivity contribution in [3.05, 3.63) is 65.5 Å². The van der Waals surface area contributed by atoms with Gasteiger partial charge in [0.2, 0.25) is 0 Å². The Balaban J connectivity index is 0.00000242. The van der Waals surface area contributed by atoms with Crippen LogP contribution in [0.3, 0.4) is 0 Å². The van der Waals surface area contributed by atoms with Crippen molar-refractivity contribution in [3.8, 4) is 0 Å². The Morgan fingerprint density at radius 1 is 1.14 bits per heavy atom. The number of aliphatic imine (C=N–C) groups is 1. The van der Waals surface area contributed by atoms with Crippen LogP contribution in [0, 0.1) is 6.92 Å². The molecule has 0 saturated heterocycles. The standard InChI is InChI=1S/C17H22N4.HI/c1-14-6-5-7-15(12-14)9-11-20-17(18-2)21-13-16-8-3-4-10-19-16;/h3-8,10,12H,9,11,13H2,1-2H3,(H2,18,20,21);1H. The van der Waals surface area contributed by atoms with Gasteiger partial charge in [-0.2, -0.15) is 0 Å². The Bertz CT molecular complexity index is 584. The number of guanidine groups is 1. The minimum absolute atomic E-state index is 0. The summed E-state index contributed by atoms with van der Waals surface area (Å²) >= 11 is 0. The summed E-state index contributed by atoms with van der Waals surface area (Å²) in [5.74, 6) is 0.799. The van der Waals surface area contributed by atoms with Crippen LogP contribution >= 0.6 is 24.0 Å². The molecule has 1 aromatic carbocycles. The van der Waals surface area contributed by atoms with Crippen molar-refractivity contribution in [1.29, 1.82) is 0 Å². The molecule has 0 aliphatic heterocycles. The first-order chi connectivity index (χ1) is 10.3. The van der Waals surface area contributed by atoms with Crippen LogP contribution in [0.25, 0.3) is 0 Å². The molecule has 22 heavy (non-hydrogen) atoms. The zero-order valence-corrected chi connectivity index (χ0v) is 15.4. The van der Waals surface area contributed by atoms with Crippen LogP contribution in [-0.4, -0.2) is 24.5 Å². The van der Waals surface area contributed by atoms with Gasteiger partial charge in [0, 0.05) is 19.8 Å². The lowest BCUT2D eigenvalue weighted by Crippen LogP contribution is -2.38. The van der Waals surface area contributed by atoms with Crippen molar-refractivity contribution in [2.24, 2.45) is 4.99 Å². The van der Waals surface area contributed by atoms with Crippen molar-refractivity contribution in [2.45, 2.75) is 19.9 Å². The van der Waals surface area contributed by atoms with E-state index < -0.39 is 0 Å². The molecule has 0 spiro atoms. The zero-order valence-electron chi connectivity index (χ0n) is 13.0. The van der Waals surface area contributed by atoms with Crippen molar-refractivity contribution in [1.82, 2.24) is 15.6 Å². The minimum Gasteiger partial charge on any atom is -0.356 e. The van der Waals surface area contributed by atoms with E-state index in [1.165, 1.54) is 11.1 Å². The Kier molecular flexibility index (Phi) is 8.50. The fourth-order valence-corrected chi connectivity index (χ4v) is 2.09. The average Bonchev–Trinajstić information content (AvgIpc) is 2.52. The van der Waals surface area contributed by atoms with E-state index in [9.17, 15) is 0 Å². The number of hydrogen-bond acceptors (Lipinski definition) is 2. The second-order valence-electron chi connectivity index (χ2n) is 4.91. The first kappa shape index (κ1) is 18.4. The molecular weight excluding hydrogens is 387 g/mol. The second kappa shape index (κ2) is 10.2. The molecule has 2 rings (SSSR count). The highest BCUT2D eigenvalue weighted by Gasteiger charge is 1.99. The molecule has 0 radical (unpaired) electrons. The predicted octanol–water partition coefficient (Wildman–Crippen LogP) is 2.92. The molecule has 2 N–H and O–H groups in total. The van der Waals surface area contributed by atoms with Crippen LogP contribution in [-0.2, 0) is 13.0 Å². The maximum absolute atomic E-state index is 4.28.